The van der Waals surface area contributed by atoms with E-state index in [2.05, 4.69) is 12.6 Å². The minimum Gasteiger partial charge on any atom is -0.478 e. The average Bonchev–Trinajstić information content (AvgIpc) is 2.26. The maximum absolute atomic E-state index is 10.5. The lowest BCUT2D eigenvalue weighted by Crippen LogP contribution is -2.01. The third-order valence-electron chi connectivity index (χ3n) is 2.14. The van der Waals surface area contributed by atoms with Gasteiger partial charge in [0.2, 0.25) is 0 Å². The van der Waals surface area contributed by atoms with Gasteiger partial charge in [-0.15, -0.1) is 0 Å². The molecule has 0 aromatic heterocycles. The van der Waals surface area contributed by atoms with Crippen molar-refractivity contribution >= 4 is 5.97 Å². The number of nitriles is 1. The van der Waals surface area contributed by atoms with Gasteiger partial charge in [-0.1, -0.05) is 24.8 Å². The van der Waals surface area contributed by atoms with Gasteiger partial charge in [0.25, 0.3) is 0 Å². The van der Waals surface area contributed by atoms with E-state index < -0.39 is 5.97 Å². The zero-order valence-electron chi connectivity index (χ0n) is 8.23. The molecule has 1 rings (SSSR count). The van der Waals surface area contributed by atoms with Crippen molar-refractivity contribution in [3.63, 3.8) is 0 Å². The first kappa shape index (κ1) is 11.0. The average molecular weight is 201 g/mol. The topological polar surface area (TPSA) is 61.1 Å². The highest BCUT2D eigenvalue weighted by atomic mass is 16.4. The van der Waals surface area contributed by atoms with Crippen molar-refractivity contribution in [3.8, 4) is 6.07 Å². The van der Waals surface area contributed by atoms with E-state index in [1.165, 1.54) is 0 Å². The smallest absolute Gasteiger partial charge is 0.330 e. The van der Waals surface area contributed by atoms with Crippen molar-refractivity contribution in [2.24, 2.45) is 0 Å². The number of hydrogen-bond acceptors (Lipinski definition) is 2. The highest BCUT2D eigenvalue weighted by Gasteiger charge is 2.06. The monoisotopic (exact) mass is 201 g/mol. The Hall–Kier alpha value is -2.08. The number of nitrogens with zero attached hydrogens (tertiary/aromatic N) is 1. The van der Waals surface area contributed by atoms with Gasteiger partial charge < -0.3 is 5.11 Å². The van der Waals surface area contributed by atoms with Crippen LogP contribution in [0.25, 0.3) is 0 Å². The Kier molecular flexibility index (Phi) is 3.64. The fraction of sp³-hybridized carbons (Fsp3) is 0.167. The Balaban J connectivity index is 2.70. The minimum absolute atomic E-state index is 0.169. The summed E-state index contributed by atoms with van der Waals surface area (Å²) in [7, 11) is 0. The molecule has 0 fully saturated rings. The van der Waals surface area contributed by atoms with Gasteiger partial charge in [-0.2, -0.15) is 5.26 Å². The molecule has 0 radical (unpaired) electrons. The lowest BCUT2D eigenvalue weighted by atomic mass is 10.0. The number of carboxylic acids is 1. The van der Waals surface area contributed by atoms with E-state index in [-0.39, 0.29) is 5.57 Å². The molecule has 0 spiro atoms. The van der Waals surface area contributed by atoms with Crippen LogP contribution in [-0.4, -0.2) is 11.1 Å². The molecule has 0 heterocycles. The van der Waals surface area contributed by atoms with Gasteiger partial charge >= 0.3 is 5.97 Å². The summed E-state index contributed by atoms with van der Waals surface area (Å²) in [4.78, 5) is 10.5. The molecular weight excluding hydrogens is 190 g/mol. The second-order valence-electron chi connectivity index (χ2n) is 3.18. The van der Waals surface area contributed by atoms with Crippen molar-refractivity contribution in [1.82, 2.24) is 0 Å². The second kappa shape index (κ2) is 4.97. The van der Waals surface area contributed by atoms with Gasteiger partial charge in [0.05, 0.1) is 11.6 Å². The third kappa shape index (κ3) is 2.96. The summed E-state index contributed by atoms with van der Waals surface area (Å²) >= 11 is 0. The molecule has 0 unspecified atom stereocenters. The Bertz CT molecular complexity index is 429. The number of carbonyl (C=O) groups is 1. The molecule has 0 aliphatic heterocycles. The van der Waals surface area contributed by atoms with E-state index in [4.69, 9.17) is 10.4 Å². The van der Waals surface area contributed by atoms with Crippen LogP contribution in [0.3, 0.4) is 0 Å². The normalized spacial score (nSPS) is 9.27. The quantitative estimate of drug-likeness (QED) is 0.759. The molecule has 0 aliphatic carbocycles. The predicted octanol–water partition coefficient (Wildman–Crippen LogP) is 2.13. The van der Waals surface area contributed by atoms with Crippen LogP contribution >= 0.6 is 0 Å². The SMILES string of the molecule is C=C(CCc1ccccc1C#N)C(=O)O. The van der Waals surface area contributed by atoms with Crippen LogP contribution in [0.5, 0.6) is 0 Å². The van der Waals surface area contributed by atoms with Crippen LogP contribution < -0.4 is 0 Å². The number of rotatable bonds is 4. The molecular formula is C12H11NO2. The number of hydrogen-bond donors (Lipinski definition) is 1. The van der Waals surface area contributed by atoms with E-state index in [0.29, 0.717) is 18.4 Å². The fourth-order valence-corrected chi connectivity index (χ4v) is 1.24. The predicted molar refractivity (Wildman–Crippen MR) is 56.3 cm³/mol. The molecule has 3 nitrogen and oxygen atoms in total. The summed E-state index contributed by atoms with van der Waals surface area (Å²) in [6, 6.07) is 9.24. The molecule has 0 saturated carbocycles. The first-order valence-corrected chi connectivity index (χ1v) is 4.54. The van der Waals surface area contributed by atoms with Gasteiger partial charge in [-0.25, -0.2) is 4.79 Å². The van der Waals surface area contributed by atoms with Crippen molar-refractivity contribution in [2.45, 2.75) is 12.8 Å². The molecule has 0 amide bonds. The first-order chi connectivity index (χ1) is 7.15. The lowest BCUT2D eigenvalue weighted by molar-refractivity contribution is -0.132. The van der Waals surface area contributed by atoms with Gasteiger partial charge in [-0.05, 0) is 24.5 Å². The first-order valence-electron chi connectivity index (χ1n) is 4.54. The molecule has 15 heavy (non-hydrogen) atoms. The van der Waals surface area contributed by atoms with E-state index >= 15 is 0 Å². The largest absolute Gasteiger partial charge is 0.478 e. The van der Waals surface area contributed by atoms with Gasteiger partial charge in [0.15, 0.2) is 0 Å². The Labute approximate surface area is 88.3 Å². The summed E-state index contributed by atoms with van der Waals surface area (Å²) in [5.74, 6) is -0.982. The Morgan fingerprint density at radius 3 is 2.73 bits per heavy atom. The second-order valence-corrected chi connectivity index (χ2v) is 3.18. The fourth-order valence-electron chi connectivity index (χ4n) is 1.24. The molecule has 1 aromatic carbocycles. The van der Waals surface area contributed by atoms with E-state index in [0.717, 1.165) is 5.56 Å². The third-order valence-corrected chi connectivity index (χ3v) is 2.14. The molecule has 76 valence electrons. The van der Waals surface area contributed by atoms with Crippen LogP contribution in [0.4, 0.5) is 0 Å². The number of carboxylic acid groups (broad SMARTS) is 1. The number of benzene rings is 1. The lowest BCUT2D eigenvalue weighted by Gasteiger charge is -2.03. The summed E-state index contributed by atoms with van der Waals surface area (Å²) in [6.07, 6.45) is 0.906. The van der Waals surface area contributed by atoms with Crippen molar-refractivity contribution in [3.05, 3.63) is 47.5 Å². The Morgan fingerprint density at radius 1 is 1.47 bits per heavy atom. The van der Waals surface area contributed by atoms with Gasteiger partial charge in [0.1, 0.15) is 0 Å². The van der Waals surface area contributed by atoms with Crippen LogP contribution in [-0.2, 0) is 11.2 Å². The zero-order chi connectivity index (χ0) is 11.3. The van der Waals surface area contributed by atoms with Crippen LogP contribution in [0.2, 0.25) is 0 Å². The molecule has 3 heteroatoms. The van der Waals surface area contributed by atoms with Gasteiger partial charge in [0, 0.05) is 5.57 Å². The van der Waals surface area contributed by atoms with E-state index in [1.807, 2.05) is 12.1 Å². The molecule has 1 N–H and O–H groups in total. The zero-order valence-corrected chi connectivity index (χ0v) is 8.23. The molecule has 1 aromatic rings. The molecule has 0 bridgehead atoms. The van der Waals surface area contributed by atoms with Crippen LogP contribution in [0.15, 0.2) is 36.4 Å². The number of aliphatic carboxylic acids is 1. The Morgan fingerprint density at radius 2 is 2.13 bits per heavy atom. The standard InChI is InChI=1S/C12H11NO2/c1-9(12(14)15)6-7-10-4-2-3-5-11(10)8-13/h2-5H,1,6-7H2,(H,14,15). The molecule has 0 atom stereocenters. The highest BCUT2D eigenvalue weighted by molar-refractivity contribution is 5.85. The summed E-state index contributed by atoms with van der Waals surface area (Å²) < 4.78 is 0. The summed E-state index contributed by atoms with van der Waals surface area (Å²) in [5.41, 5.74) is 1.63. The molecule has 0 aliphatic rings. The summed E-state index contributed by atoms with van der Waals surface area (Å²) in [6.45, 7) is 3.44. The highest BCUT2D eigenvalue weighted by Crippen LogP contribution is 2.12. The maximum atomic E-state index is 10.5. The minimum atomic E-state index is -0.982. The maximum Gasteiger partial charge on any atom is 0.330 e. The van der Waals surface area contributed by atoms with E-state index in [1.54, 1.807) is 12.1 Å². The van der Waals surface area contributed by atoms with Crippen molar-refractivity contribution in [2.75, 3.05) is 0 Å². The molecule has 0 saturated heterocycles. The van der Waals surface area contributed by atoms with Crippen LogP contribution in [0, 0.1) is 11.3 Å². The van der Waals surface area contributed by atoms with Gasteiger partial charge in [-0.3, -0.25) is 0 Å². The summed E-state index contributed by atoms with van der Waals surface area (Å²) in [5, 5.41) is 17.4. The van der Waals surface area contributed by atoms with Crippen molar-refractivity contribution < 1.29 is 9.90 Å². The van der Waals surface area contributed by atoms with Crippen LogP contribution in [0.1, 0.15) is 17.5 Å². The van der Waals surface area contributed by atoms with Crippen molar-refractivity contribution in [1.29, 1.82) is 5.26 Å². The number of aryl methyl sites for hydroxylation is 1. The van der Waals surface area contributed by atoms with E-state index in [9.17, 15) is 4.79 Å².